The lowest BCUT2D eigenvalue weighted by atomic mass is 10.1. The van der Waals surface area contributed by atoms with Crippen LogP contribution in [0.15, 0.2) is 42.5 Å². The van der Waals surface area contributed by atoms with Crippen LogP contribution in [0.5, 0.6) is 5.75 Å². The number of rotatable bonds is 6. The Morgan fingerprint density at radius 1 is 1.00 bits per heavy atom. The fraction of sp³-hybridized carbons (Fsp3) is 0.211. The van der Waals surface area contributed by atoms with Crippen molar-refractivity contribution < 1.29 is 24.2 Å². The minimum atomic E-state index is -0.574. The molecule has 0 saturated heterocycles. The highest BCUT2D eigenvalue weighted by molar-refractivity contribution is 7.80. The fourth-order valence-electron chi connectivity index (χ4n) is 2.33. The number of benzene rings is 2. The molecule has 0 spiro atoms. The summed E-state index contributed by atoms with van der Waals surface area (Å²) in [5.41, 5.74) is 1.91. The van der Waals surface area contributed by atoms with Crippen LogP contribution >= 0.6 is 12.2 Å². The van der Waals surface area contributed by atoms with Gasteiger partial charge in [-0.1, -0.05) is 12.1 Å². The number of aromatic hydroxyl groups is 1. The van der Waals surface area contributed by atoms with Crippen LogP contribution in [0.25, 0.3) is 0 Å². The van der Waals surface area contributed by atoms with Gasteiger partial charge in [-0.2, -0.15) is 0 Å². The predicted octanol–water partition coefficient (Wildman–Crippen LogP) is 2.49. The van der Waals surface area contributed by atoms with E-state index in [4.69, 9.17) is 21.7 Å². The Kier molecular flexibility index (Phi) is 7.13. The quantitative estimate of drug-likeness (QED) is 0.513. The predicted molar refractivity (Wildman–Crippen MR) is 105 cm³/mol. The van der Waals surface area contributed by atoms with E-state index in [0.717, 1.165) is 5.56 Å². The average Bonchev–Trinajstić information content (AvgIpc) is 2.67. The molecule has 0 fully saturated rings. The van der Waals surface area contributed by atoms with Crippen molar-refractivity contribution in [1.82, 2.24) is 5.32 Å². The van der Waals surface area contributed by atoms with E-state index in [1.807, 2.05) is 12.1 Å². The molecule has 0 aliphatic heterocycles. The van der Waals surface area contributed by atoms with Crippen molar-refractivity contribution in [2.24, 2.45) is 0 Å². The molecule has 0 heterocycles. The van der Waals surface area contributed by atoms with Crippen molar-refractivity contribution in [3.05, 3.63) is 59.2 Å². The Morgan fingerprint density at radius 2 is 1.56 bits per heavy atom. The molecule has 0 bridgehead atoms. The Labute approximate surface area is 162 Å². The van der Waals surface area contributed by atoms with Crippen LogP contribution < -0.4 is 10.6 Å². The standard InChI is InChI=1S/C19H20N2O5S/c1-25-17(23)13-9-14(18(24)26-2)11-15(10-13)21-19(27)20-8-7-12-3-5-16(22)6-4-12/h3-6,9-11,22H,7-8H2,1-2H3,(H2,20,21,27). The molecule has 2 rings (SSSR count). The lowest BCUT2D eigenvalue weighted by Crippen LogP contribution is -2.30. The largest absolute Gasteiger partial charge is 0.508 e. The maximum atomic E-state index is 11.8. The molecule has 0 radical (unpaired) electrons. The first-order valence-electron chi connectivity index (χ1n) is 8.07. The summed E-state index contributed by atoms with van der Waals surface area (Å²) in [6.45, 7) is 0.567. The van der Waals surface area contributed by atoms with Crippen LogP contribution in [0, 0.1) is 0 Å². The molecule has 0 amide bonds. The number of nitrogens with one attached hydrogen (secondary N) is 2. The third-order valence-corrected chi connectivity index (χ3v) is 3.92. The van der Waals surface area contributed by atoms with E-state index in [-0.39, 0.29) is 16.9 Å². The monoisotopic (exact) mass is 388 g/mol. The van der Waals surface area contributed by atoms with Gasteiger partial charge in [-0.15, -0.1) is 0 Å². The molecule has 2 aromatic carbocycles. The zero-order valence-corrected chi connectivity index (χ0v) is 15.8. The second-order valence-electron chi connectivity index (χ2n) is 5.58. The van der Waals surface area contributed by atoms with Crippen LogP contribution in [0.4, 0.5) is 5.69 Å². The normalized spacial score (nSPS) is 10.0. The maximum Gasteiger partial charge on any atom is 0.337 e. The van der Waals surface area contributed by atoms with Gasteiger partial charge in [0.1, 0.15) is 5.75 Å². The highest BCUT2D eigenvalue weighted by atomic mass is 32.1. The number of phenolic OH excluding ortho intramolecular Hbond substituents is 1. The van der Waals surface area contributed by atoms with E-state index in [9.17, 15) is 14.7 Å². The zero-order chi connectivity index (χ0) is 19.8. The van der Waals surface area contributed by atoms with Crippen LogP contribution in [0.1, 0.15) is 26.3 Å². The second-order valence-corrected chi connectivity index (χ2v) is 5.99. The molecule has 0 atom stereocenters. The third kappa shape index (κ3) is 5.96. The van der Waals surface area contributed by atoms with Gasteiger partial charge >= 0.3 is 11.9 Å². The minimum absolute atomic E-state index is 0.204. The van der Waals surface area contributed by atoms with E-state index >= 15 is 0 Å². The number of carbonyl (C=O) groups is 2. The van der Waals surface area contributed by atoms with Crippen molar-refractivity contribution in [3.63, 3.8) is 0 Å². The lowest BCUT2D eigenvalue weighted by molar-refractivity contribution is 0.0599. The summed E-state index contributed by atoms with van der Waals surface area (Å²) in [4.78, 5) is 23.6. The summed E-state index contributed by atoms with van der Waals surface area (Å²) in [6, 6.07) is 11.4. The van der Waals surface area contributed by atoms with Gasteiger partial charge in [-0.05, 0) is 54.5 Å². The highest BCUT2D eigenvalue weighted by Gasteiger charge is 2.14. The molecule has 142 valence electrons. The van der Waals surface area contributed by atoms with Crippen LogP contribution in [0.3, 0.4) is 0 Å². The Balaban J connectivity index is 2.01. The van der Waals surface area contributed by atoms with Gasteiger partial charge in [0.15, 0.2) is 5.11 Å². The van der Waals surface area contributed by atoms with Gasteiger partial charge in [0.2, 0.25) is 0 Å². The number of anilines is 1. The van der Waals surface area contributed by atoms with Crippen molar-refractivity contribution >= 4 is 35.0 Å². The minimum Gasteiger partial charge on any atom is -0.508 e. The molecular weight excluding hydrogens is 368 g/mol. The third-order valence-electron chi connectivity index (χ3n) is 3.67. The highest BCUT2D eigenvalue weighted by Crippen LogP contribution is 2.17. The molecule has 2 aromatic rings. The first-order valence-corrected chi connectivity index (χ1v) is 8.48. The number of thiocarbonyl (C=S) groups is 1. The smallest absolute Gasteiger partial charge is 0.337 e. The van der Waals surface area contributed by atoms with Crippen molar-refractivity contribution in [2.45, 2.75) is 6.42 Å². The zero-order valence-electron chi connectivity index (χ0n) is 14.9. The Bertz CT molecular complexity index is 802. The lowest BCUT2D eigenvalue weighted by Gasteiger charge is -2.13. The topological polar surface area (TPSA) is 96.9 Å². The Morgan fingerprint density at radius 3 is 2.07 bits per heavy atom. The van der Waals surface area contributed by atoms with Gasteiger partial charge in [0, 0.05) is 12.2 Å². The van der Waals surface area contributed by atoms with E-state index in [1.54, 1.807) is 12.1 Å². The number of methoxy groups -OCH3 is 2. The molecule has 7 nitrogen and oxygen atoms in total. The molecule has 0 aliphatic carbocycles. The van der Waals surface area contributed by atoms with Crippen molar-refractivity contribution in [1.29, 1.82) is 0 Å². The van der Waals surface area contributed by atoms with E-state index < -0.39 is 11.9 Å². The summed E-state index contributed by atoms with van der Waals surface area (Å²) in [7, 11) is 2.52. The summed E-state index contributed by atoms with van der Waals surface area (Å²) in [5.74, 6) is -0.930. The van der Waals surface area contributed by atoms with Crippen molar-refractivity contribution in [2.75, 3.05) is 26.1 Å². The number of ether oxygens (including phenoxy) is 2. The molecule has 3 N–H and O–H groups in total. The molecule has 0 saturated carbocycles. The van der Waals surface area contributed by atoms with Crippen LogP contribution in [-0.2, 0) is 15.9 Å². The average molecular weight is 388 g/mol. The summed E-state index contributed by atoms with van der Waals surface area (Å²) < 4.78 is 9.40. The maximum absolute atomic E-state index is 11.8. The first kappa shape index (κ1) is 20.2. The van der Waals surface area contributed by atoms with E-state index in [0.29, 0.717) is 23.8 Å². The molecule has 0 unspecified atom stereocenters. The number of phenols is 1. The van der Waals surface area contributed by atoms with Gasteiger partial charge in [0.25, 0.3) is 0 Å². The Hall–Kier alpha value is -3.13. The molecule has 27 heavy (non-hydrogen) atoms. The summed E-state index contributed by atoms with van der Waals surface area (Å²) in [5, 5.41) is 15.6. The van der Waals surface area contributed by atoms with E-state index in [1.165, 1.54) is 32.4 Å². The van der Waals surface area contributed by atoms with Gasteiger partial charge in [0.05, 0.1) is 25.3 Å². The van der Waals surface area contributed by atoms with E-state index in [2.05, 4.69) is 10.6 Å². The molecule has 8 heteroatoms. The summed E-state index contributed by atoms with van der Waals surface area (Å²) >= 11 is 5.25. The number of carbonyl (C=O) groups excluding carboxylic acids is 2. The van der Waals surface area contributed by atoms with Crippen LogP contribution in [0.2, 0.25) is 0 Å². The number of hydrogen-bond acceptors (Lipinski definition) is 6. The van der Waals surface area contributed by atoms with Crippen molar-refractivity contribution in [3.8, 4) is 5.75 Å². The number of esters is 2. The molecule has 0 aromatic heterocycles. The number of hydrogen-bond donors (Lipinski definition) is 3. The van der Waals surface area contributed by atoms with Gasteiger partial charge in [-0.25, -0.2) is 9.59 Å². The fourth-order valence-corrected chi connectivity index (χ4v) is 2.55. The first-order chi connectivity index (χ1) is 12.9. The molecular formula is C19H20N2O5S. The summed E-state index contributed by atoms with van der Waals surface area (Å²) in [6.07, 6.45) is 0.706. The SMILES string of the molecule is COC(=O)c1cc(NC(=S)NCCc2ccc(O)cc2)cc(C(=O)OC)c1. The van der Waals surface area contributed by atoms with Crippen LogP contribution in [-0.4, -0.2) is 42.9 Å². The van der Waals surface area contributed by atoms with Gasteiger partial charge < -0.3 is 25.2 Å². The molecule has 0 aliphatic rings. The van der Waals surface area contributed by atoms with Gasteiger partial charge in [-0.3, -0.25) is 0 Å². The second kappa shape index (κ2) is 9.54.